The van der Waals surface area contributed by atoms with Gasteiger partial charge in [-0.25, -0.2) is 9.97 Å². The Morgan fingerprint density at radius 1 is 1.18 bits per heavy atom. The number of carbonyl (C=O) groups is 2. The van der Waals surface area contributed by atoms with Gasteiger partial charge in [0.15, 0.2) is 0 Å². The van der Waals surface area contributed by atoms with Gasteiger partial charge in [0.25, 0.3) is 5.91 Å². The maximum atomic E-state index is 12.7. The lowest BCUT2D eigenvalue weighted by molar-refractivity contribution is -0.120. The zero-order chi connectivity index (χ0) is 20.1. The van der Waals surface area contributed by atoms with Crippen molar-refractivity contribution in [1.29, 1.82) is 0 Å². The molecule has 1 atom stereocenters. The minimum atomic E-state index is -0.778. The van der Waals surface area contributed by atoms with Crippen molar-refractivity contribution in [2.75, 3.05) is 32.7 Å². The van der Waals surface area contributed by atoms with Crippen LogP contribution in [-0.2, 0) is 4.79 Å². The molecule has 0 saturated carbocycles. The third-order valence-electron chi connectivity index (χ3n) is 5.75. The van der Waals surface area contributed by atoms with Gasteiger partial charge in [0.1, 0.15) is 5.82 Å². The van der Waals surface area contributed by atoms with Gasteiger partial charge in [-0.1, -0.05) is 0 Å². The van der Waals surface area contributed by atoms with E-state index in [2.05, 4.69) is 20.2 Å². The van der Waals surface area contributed by atoms with Gasteiger partial charge in [0.2, 0.25) is 5.91 Å². The number of hydrogen-bond acceptors (Lipinski definition) is 6. The van der Waals surface area contributed by atoms with E-state index >= 15 is 0 Å². The Kier molecular flexibility index (Phi) is 6.61. The van der Waals surface area contributed by atoms with E-state index in [0.717, 1.165) is 32.4 Å². The molecule has 2 amide bonds. The molecule has 28 heavy (non-hydrogen) atoms. The van der Waals surface area contributed by atoms with Crippen molar-refractivity contribution in [2.24, 2.45) is 0 Å². The number of likely N-dealkylation sites (tertiary alicyclic amines) is 2. The number of aryl methyl sites for hydroxylation is 1. The van der Waals surface area contributed by atoms with Crippen molar-refractivity contribution in [3.63, 3.8) is 0 Å². The molecule has 3 heterocycles. The summed E-state index contributed by atoms with van der Waals surface area (Å²) in [4.78, 5) is 36.2. The first-order valence-electron chi connectivity index (χ1n) is 10.1. The summed E-state index contributed by atoms with van der Waals surface area (Å²) < 4.78 is 0. The second kappa shape index (κ2) is 8.96. The molecule has 8 heteroatoms. The van der Waals surface area contributed by atoms with Crippen LogP contribution in [0.3, 0.4) is 0 Å². The van der Waals surface area contributed by atoms with Crippen LogP contribution < -0.4 is 5.32 Å². The molecule has 8 nitrogen and oxygen atoms in total. The van der Waals surface area contributed by atoms with Crippen LogP contribution >= 0.6 is 0 Å². The second-order valence-electron chi connectivity index (χ2n) is 8.14. The van der Waals surface area contributed by atoms with Crippen molar-refractivity contribution in [1.82, 2.24) is 25.1 Å². The molecule has 0 aliphatic carbocycles. The van der Waals surface area contributed by atoms with E-state index < -0.39 is 5.60 Å². The summed E-state index contributed by atoms with van der Waals surface area (Å²) in [5, 5.41) is 14.1. The molecule has 1 aromatic rings. The van der Waals surface area contributed by atoms with E-state index in [-0.39, 0.29) is 17.9 Å². The molecule has 0 unspecified atom stereocenters. The zero-order valence-corrected chi connectivity index (χ0v) is 16.9. The third kappa shape index (κ3) is 5.48. The van der Waals surface area contributed by atoms with Gasteiger partial charge in [0.05, 0.1) is 11.2 Å². The number of aliphatic hydroxyl groups is 1. The van der Waals surface area contributed by atoms with E-state index in [9.17, 15) is 14.7 Å². The van der Waals surface area contributed by atoms with Gasteiger partial charge >= 0.3 is 0 Å². The minimum absolute atomic E-state index is 0.0181. The van der Waals surface area contributed by atoms with Gasteiger partial charge in [0, 0.05) is 58.1 Å². The van der Waals surface area contributed by atoms with E-state index in [4.69, 9.17) is 0 Å². The Morgan fingerprint density at radius 3 is 2.50 bits per heavy atom. The molecule has 0 aromatic carbocycles. The van der Waals surface area contributed by atoms with Gasteiger partial charge in [-0.05, 0) is 39.0 Å². The average molecular weight is 390 g/mol. The number of carbonyl (C=O) groups excluding carboxylic acids is 2. The molecule has 2 aliphatic rings. The van der Waals surface area contributed by atoms with Crippen LogP contribution in [0, 0.1) is 6.92 Å². The van der Waals surface area contributed by atoms with Crippen molar-refractivity contribution in [2.45, 2.75) is 57.6 Å². The third-order valence-corrected chi connectivity index (χ3v) is 5.75. The zero-order valence-electron chi connectivity index (χ0n) is 16.9. The van der Waals surface area contributed by atoms with Crippen molar-refractivity contribution in [3.05, 3.63) is 23.8 Å². The predicted molar refractivity (Wildman–Crippen MR) is 105 cm³/mol. The Hall–Kier alpha value is -2.06. The highest BCUT2D eigenvalue weighted by molar-refractivity contribution is 5.93. The quantitative estimate of drug-likeness (QED) is 0.788. The highest BCUT2D eigenvalue weighted by Gasteiger charge is 2.34. The number of rotatable bonds is 4. The highest BCUT2D eigenvalue weighted by Crippen LogP contribution is 2.26. The number of hydrogen-bond donors (Lipinski definition) is 2. The van der Waals surface area contributed by atoms with E-state index in [1.54, 1.807) is 31.1 Å². The maximum Gasteiger partial charge on any atom is 0.256 e. The van der Waals surface area contributed by atoms with Gasteiger partial charge in [-0.15, -0.1) is 0 Å². The Balaban J connectivity index is 1.52. The number of nitrogens with zero attached hydrogens (tertiary/aromatic N) is 4. The molecular weight excluding hydrogens is 358 g/mol. The lowest BCUT2D eigenvalue weighted by Gasteiger charge is -2.38. The SMILES string of the molecule is CC(=O)NC1CCN(C[C@@]2(O)CCCN(C(=O)c3cnc(C)nc3)CC2)CC1. The Bertz CT molecular complexity index is 688. The van der Waals surface area contributed by atoms with Crippen molar-refractivity contribution < 1.29 is 14.7 Å². The first-order valence-corrected chi connectivity index (χ1v) is 10.1. The van der Waals surface area contributed by atoms with Crippen LogP contribution in [0.15, 0.2) is 12.4 Å². The second-order valence-corrected chi connectivity index (χ2v) is 8.14. The standard InChI is InChI=1S/C20H31N5O3/c1-15-21-12-17(13-22-15)19(27)25-8-3-6-20(28,7-11-25)14-24-9-4-18(5-10-24)23-16(2)26/h12-13,18,28H,3-11,14H2,1-2H3,(H,23,26)/t20-/m1/s1. The summed E-state index contributed by atoms with van der Waals surface area (Å²) in [5.41, 5.74) is -0.282. The smallest absolute Gasteiger partial charge is 0.256 e. The molecular formula is C20H31N5O3. The van der Waals surface area contributed by atoms with Crippen LogP contribution in [0.25, 0.3) is 0 Å². The molecule has 2 saturated heterocycles. The summed E-state index contributed by atoms with van der Waals surface area (Å²) in [6.07, 6.45) is 6.99. The molecule has 2 aliphatic heterocycles. The van der Waals surface area contributed by atoms with E-state index in [1.165, 1.54) is 0 Å². The summed E-state index contributed by atoms with van der Waals surface area (Å²) in [5.74, 6) is 0.592. The Labute approximate surface area is 166 Å². The van der Waals surface area contributed by atoms with Crippen LogP contribution in [0.4, 0.5) is 0 Å². The average Bonchev–Trinajstić information content (AvgIpc) is 2.85. The van der Waals surface area contributed by atoms with Gasteiger partial charge in [-0.2, -0.15) is 0 Å². The minimum Gasteiger partial charge on any atom is -0.388 e. The van der Waals surface area contributed by atoms with Crippen LogP contribution in [0.2, 0.25) is 0 Å². The number of aromatic nitrogens is 2. The largest absolute Gasteiger partial charge is 0.388 e. The lowest BCUT2D eigenvalue weighted by Crippen LogP contribution is -2.50. The number of piperidine rings is 1. The highest BCUT2D eigenvalue weighted by atomic mass is 16.3. The fourth-order valence-corrected chi connectivity index (χ4v) is 4.16. The Morgan fingerprint density at radius 2 is 1.86 bits per heavy atom. The summed E-state index contributed by atoms with van der Waals surface area (Å²) in [6, 6.07) is 0.238. The summed E-state index contributed by atoms with van der Waals surface area (Å²) in [7, 11) is 0. The molecule has 0 bridgehead atoms. The summed E-state index contributed by atoms with van der Waals surface area (Å²) >= 11 is 0. The maximum absolute atomic E-state index is 12.7. The monoisotopic (exact) mass is 389 g/mol. The molecule has 1 aromatic heterocycles. The first-order chi connectivity index (χ1) is 13.3. The van der Waals surface area contributed by atoms with Crippen molar-refractivity contribution in [3.8, 4) is 0 Å². The topological polar surface area (TPSA) is 98.7 Å². The molecule has 154 valence electrons. The number of β-amino-alcohol motifs (C(OH)–C–C–N with tert-alkyl or cyclic N) is 1. The first kappa shape index (κ1) is 20.7. The van der Waals surface area contributed by atoms with Crippen LogP contribution in [0.5, 0.6) is 0 Å². The lowest BCUT2D eigenvalue weighted by atomic mass is 9.93. The van der Waals surface area contributed by atoms with Crippen LogP contribution in [0.1, 0.15) is 55.2 Å². The fourth-order valence-electron chi connectivity index (χ4n) is 4.16. The molecule has 0 spiro atoms. The molecule has 3 rings (SSSR count). The predicted octanol–water partition coefficient (Wildman–Crippen LogP) is 0.743. The number of nitrogens with one attached hydrogen (secondary N) is 1. The van der Waals surface area contributed by atoms with Gasteiger partial charge < -0.3 is 20.2 Å². The fraction of sp³-hybridized carbons (Fsp3) is 0.700. The van der Waals surface area contributed by atoms with Gasteiger partial charge in [-0.3, -0.25) is 9.59 Å². The van der Waals surface area contributed by atoms with E-state index in [1.807, 2.05) is 0 Å². The molecule has 2 fully saturated rings. The normalized spacial score (nSPS) is 24.6. The summed E-state index contributed by atoms with van der Waals surface area (Å²) in [6.45, 7) is 6.88. The van der Waals surface area contributed by atoms with Crippen molar-refractivity contribution >= 4 is 11.8 Å². The van der Waals surface area contributed by atoms with Crippen LogP contribution in [-0.4, -0.2) is 81.1 Å². The molecule has 0 radical (unpaired) electrons. The number of amides is 2. The molecule has 2 N–H and O–H groups in total. The van der Waals surface area contributed by atoms with E-state index in [0.29, 0.717) is 43.9 Å².